The molecule has 3 heterocycles. The molecule has 3 rings (SSSR count). The average Bonchev–Trinajstić information content (AvgIpc) is 2.96. The molecule has 4 nitrogen and oxygen atoms in total. The molecule has 1 fully saturated rings. The van der Waals surface area contributed by atoms with Gasteiger partial charge in [-0.05, 0) is 30.6 Å². The first-order valence-electron chi connectivity index (χ1n) is 6.65. The molecule has 1 aliphatic rings. The lowest BCUT2D eigenvalue weighted by molar-refractivity contribution is 0.313. The number of aromatic nitrogens is 1. The van der Waals surface area contributed by atoms with Gasteiger partial charge >= 0.3 is 0 Å². The summed E-state index contributed by atoms with van der Waals surface area (Å²) in [5.41, 5.74) is 3.02. The van der Waals surface area contributed by atoms with Gasteiger partial charge in [-0.1, -0.05) is 0 Å². The number of likely N-dealkylation sites (N-methyl/N-ethyl adjacent to an activating group) is 1. The van der Waals surface area contributed by atoms with Crippen LogP contribution in [-0.4, -0.2) is 43.1 Å². The van der Waals surface area contributed by atoms with Gasteiger partial charge < -0.3 is 9.80 Å². The SMILES string of the molecule is CN1CCN(c2ccnc(-c3ccsc3C#N)c2)CC1. The highest BCUT2D eigenvalue weighted by Crippen LogP contribution is 2.28. The lowest BCUT2D eigenvalue weighted by Crippen LogP contribution is -2.44. The van der Waals surface area contributed by atoms with Crippen LogP contribution in [0.2, 0.25) is 0 Å². The van der Waals surface area contributed by atoms with Gasteiger partial charge in [-0.3, -0.25) is 4.98 Å². The highest BCUT2D eigenvalue weighted by atomic mass is 32.1. The molecule has 0 N–H and O–H groups in total. The Bertz CT molecular complexity index is 635. The maximum absolute atomic E-state index is 9.13. The van der Waals surface area contributed by atoms with E-state index in [4.69, 9.17) is 5.26 Å². The third-order valence-electron chi connectivity index (χ3n) is 3.65. The standard InChI is InChI=1S/C15H16N4S/c1-18-5-7-19(8-6-18)12-2-4-17-14(10-12)13-3-9-20-15(13)11-16/h2-4,9-10H,5-8H2,1H3. The van der Waals surface area contributed by atoms with Crippen LogP contribution in [0.1, 0.15) is 4.88 Å². The van der Waals surface area contributed by atoms with E-state index in [1.807, 2.05) is 23.7 Å². The fourth-order valence-electron chi connectivity index (χ4n) is 2.43. The van der Waals surface area contributed by atoms with Gasteiger partial charge in [-0.25, -0.2) is 0 Å². The van der Waals surface area contributed by atoms with E-state index in [-0.39, 0.29) is 0 Å². The highest BCUT2D eigenvalue weighted by molar-refractivity contribution is 7.11. The molecule has 0 bridgehead atoms. The number of hydrogen-bond acceptors (Lipinski definition) is 5. The van der Waals surface area contributed by atoms with Crippen molar-refractivity contribution in [2.24, 2.45) is 0 Å². The van der Waals surface area contributed by atoms with Gasteiger partial charge in [0, 0.05) is 43.6 Å². The van der Waals surface area contributed by atoms with E-state index in [2.05, 4.69) is 34.0 Å². The van der Waals surface area contributed by atoms with Gasteiger partial charge in [0.15, 0.2) is 0 Å². The molecule has 1 aliphatic heterocycles. The molecule has 1 saturated heterocycles. The van der Waals surface area contributed by atoms with Gasteiger partial charge in [0.1, 0.15) is 10.9 Å². The molecule has 0 radical (unpaired) electrons. The third kappa shape index (κ3) is 2.53. The van der Waals surface area contributed by atoms with E-state index in [0.717, 1.165) is 42.3 Å². The molecule has 102 valence electrons. The molecule has 20 heavy (non-hydrogen) atoms. The van der Waals surface area contributed by atoms with Crippen LogP contribution in [0.25, 0.3) is 11.3 Å². The number of hydrogen-bond donors (Lipinski definition) is 0. The van der Waals surface area contributed by atoms with Crippen LogP contribution >= 0.6 is 11.3 Å². The molecule has 0 amide bonds. The fraction of sp³-hybridized carbons (Fsp3) is 0.333. The summed E-state index contributed by atoms with van der Waals surface area (Å²) in [4.78, 5) is 9.87. The first-order valence-corrected chi connectivity index (χ1v) is 7.53. The van der Waals surface area contributed by atoms with Crippen LogP contribution in [0, 0.1) is 11.3 Å². The minimum absolute atomic E-state index is 0.730. The lowest BCUT2D eigenvalue weighted by atomic mass is 10.1. The zero-order valence-corrected chi connectivity index (χ0v) is 12.2. The Balaban J connectivity index is 1.89. The fourth-order valence-corrected chi connectivity index (χ4v) is 3.12. The van der Waals surface area contributed by atoms with Crippen LogP contribution in [0.5, 0.6) is 0 Å². The summed E-state index contributed by atoms with van der Waals surface area (Å²) in [6.45, 7) is 4.24. The Hall–Kier alpha value is -1.90. The number of nitrogens with zero attached hydrogens (tertiary/aromatic N) is 4. The average molecular weight is 284 g/mol. The number of thiophene rings is 1. The first kappa shape index (κ1) is 13.1. The van der Waals surface area contributed by atoms with Crippen molar-refractivity contribution in [3.8, 4) is 17.3 Å². The smallest absolute Gasteiger partial charge is 0.114 e. The molecule has 0 unspecified atom stereocenters. The van der Waals surface area contributed by atoms with Crippen molar-refractivity contribution >= 4 is 17.0 Å². The van der Waals surface area contributed by atoms with Gasteiger partial charge in [-0.15, -0.1) is 11.3 Å². The molecule has 5 heteroatoms. The van der Waals surface area contributed by atoms with Gasteiger partial charge in [0.2, 0.25) is 0 Å². The Morgan fingerprint density at radius 2 is 2.05 bits per heavy atom. The summed E-state index contributed by atoms with van der Waals surface area (Å²) in [7, 11) is 2.15. The maximum Gasteiger partial charge on any atom is 0.114 e. The van der Waals surface area contributed by atoms with Crippen LogP contribution in [0.15, 0.2) is 29.8 Å². The van der Waals surface area contributed by atoms with E-state index >= 15 is 0 Å². The second kappa shape index (κ2) is 5.61. The maximum atomic E-state index is 9.13. The second-order valence-corrected chi connectivity index (χ2v) is 5.88. The molecule has 0 aromatic carbocycles. The van der Waals surface area contributed by atoms with Crippen molar-refractivity contribution in [3.05, 3.63) is 34.7 Å². The quantitative estimate of drug-likeness (QED) is 0.849. The summed E-state index contributed by atoms with van der Waals surface area (Å²) >= 11 is 1.46. The number of anilines is 1. The zero-order chi connectivity index (χ0) is 13.9. The molecule has 0 saturated carbocycles. The summed E-state index contributed by atoms with van der Waals surface area (Å²) < 4.78 is 0. The molecule has 2 aromatic heterocycles. The molecule has 0 spiro atoms. The summed E-state index contributed by atoms with van der Waals surface area (Å²) in [5.74, 6) is 0. The second-order valence-electron chi connectivity index (χ2n) is 4.96. The molecule has 0 aliphatic carbocycles. The summed E-state index contributed by atoms with van der Waals surface area (Å²) in [5, 5.41) is 11.1. The van der Waals surface area contributed by atoms with Gasteiger partial charge in [0.25, 0.3) is 0 Å². The lowest BCUT2D eigenvalue weighted by Gasteiger charge is -2.34. The van der Waals surface area contributed by atoms with E-state index in [1.165, 1.54) is 17.0 Å². The van der Waals surface area contributed by atoms with Crippen LogP contribution in [-0.2, 0) is 0 Å². The van der Waals surface area contributed by atoms with E-state index in [1.54, 1.807) is 0 Å². The van der Waals surface area contributed by atoms with Gasteiger partial charge in [-0.2, -0.15) is 5.26 Å². The van der Waals surface area contributed by atoms with Crippen molar-refractivity contribution in [1.29, 1.82) is 5.26 Å². The highest BCUT2D eigenvalue weighted by Gasteiger charge is 2.15. The normalized spacial score (nSPS) is 16.1. The number of rotatable bonds is 2. The van der Waals surface area contributed by atoms with Crippen molar-refractivity contribution in [1.82, 2.24) is 9.88 Å². The van der Waals surface area contributed by atoms with Crippen molar-refractivity contribution in [3.63, 3.8) is 0 Å². The minimum atomic E-state index is 0.730. The predicted octanol–water partition coefficient (Wildman–Crippen LogP) is 2.43. The topological polar surface area (TPSA) is 43.2 Å². The van der Waals surface area contributed by atoms with Crippen LogP contribution in [0.3, 0.4) is 0 Å². The predicted molar refractivity (Wildman–Crippen MR) is 82.0 cm³/mol. The van der Waals surface area contributed by atoms with Crippen molar-refractivity contribution < 1.29 is 0 Å². The Morgan fingerprint density at radius 1 is 1.25 bits per heavy atom. The molecular formula is C15H16N4S. The molecule has 0 atom stereocenters. The minimum Gasteiger partial charge on any atom is -0.369 e. The molecular weight excluding hydrogens is 268 g/mol. The van der Waals surface area contributed by atoms with Crippen molar-refractivity contribution in [2.45, 2.75) is 0 Å². The Morgan fingerprint density at radius 3 is 2.80 bits per heavy atom. The number of piperazine rings is 1. The van der Waals surface area contributed by atoms with E-state index < -0.39 is 0 Å². The first-order chi connectivity index (χ1) is 9.78. The van der Waals surface area contributed by atoms with Crippen molar-refractivity contribution in [2.75, 3.05) is 38.1 Å². The summed E-state index contributed by atoms with van der Waals surface area (Å²) in [6, 6.07) is 8.35. The van der Waals surface area contributed by atoms with Crippen LogP contribution < -0.4 is 4.90 Å². The van der Waals surface area contributed by atoms with E-state index in [9.17, 15) is 0 Å². The third-order valence-corrected chi connectivity index (χ3v) is 4.47. The van der Waals surface area contributed by atoms with Crippen LogP contribution in [0.4, 0.5) is 5.69 Å². The Labute approximate surface area is 122 Å². The number of nitriles is 1. The monoisotopic (exact) mass is 284 g/mol. The number of pyridine rings is 1. The largest absolute Gasteiger partial charge is 0.369 e. The van der Waals surface area contributed by atoms with E-state index in [0.29, 0.717) is 0 Å². The zero-order valence-electron chi connectivity index (χ0n) is 11.4. The molecule has 2 aromatic rings. The Kier molecular flexibility index (Phi) is 3.68. The summed E-state index contributed by atoms with van der Waals surface area (Å²) in [6.07, 6.45) is 1.84. The van der Waals surface area contributed by atoms with Gasteiger partial charge in [0.05, 0.1) is 5.69 Å².